The van der Waals surface area contributed by atoms with Crippen molar-refractivity contribution in [1.29, 1.82) is 0 Å². The number of methoxy groups -OCH3 is 1. The van der Waals surface area contributed by atoms with Gasteiger partial charge in [-0.15, -0.1) is 0 Å². The fourth-order valence-electron chi connectivity index (χ4n) is 4.76. The molecule has 0 saturated carbocycles. The molecule has 0 aliphatic carbocycles. The number of hydrogen-bond donors (Lipinski definition) is 3. The van der Waals surface area contributed by atoms with Crippen molar-refractivity contribution in [2.24, 2.45) is 5.92 Å². The van der Waals surface area contributed by atoms with Gasteiger partial charge in [0, 0.05) is 32.2 Å². The number of aldehydes is 1. The van der Waals surface area contributed by atoms with Crippen molar-refractivity contribution in [3.05, 3.63) is 90.0 Å². The SMILES string of the molecule is COc1ccc(S(=O)(=O)N(CC[C@H](Cc2ccc(CNCCP(=O)(OCC=O)Oc3ccccc3)cc2)NC(=O)O)CC(C)C)cc1. The van der Waals surface area contributed by atoms with E-state index in [4.69, 9.17) is 13.8 Å². The van der Waals surface area contributed by atoms with Gasteiger partial charge in [0.15, 0.2) is 0 Å². The van der Waals surface area contributed by atoms with Gasteiger partial charge in [0.25, 0.3) is 0 Å². The molecule has 3 aromatic rings. The number of carboxylic acid groups (broad SMARTS) is 1. The first kappa shape index (κ1) is 37.7. The normalized spacial score (nSPS) is 13.6. The van der Waals surface area contributed by atoms with Gasteiger partial charge in [-0.2, -0.15) is 4.31 Å². The Bertz CT molecular complexity index is 1550. The average molecular weight is 690 g/mol. The number of nitrogens with zero attached hydrogens (tertiary/aromatic N) is 1. The van der Waals surface area contributed by atoms with E-state index in [1.54, 1.807) is 42.5 Å². The van der Waals surface area contributed by atoms with E-state index in [0.717, 1.165) is 11.1 Å². The standard InChI is InChI=1S/C33H44N3O9PS/c1-26(2)25-36(47(41,42)32-15-13-30(43-3)14-16-32)19-17-29(35-33(38)39)23-27-9-11-28(12-10-27)24-34-18-22-46(40,44-21-20-37)45-31-7-5-4-6-8-31/h4-16,20,26,29,34-35H,17-19,21-25H2,1-3H3,(H,38,39)/t29-,46?/m1/s1. The number of carbonyl (C=O) groups is 2. The molecule has 0 bridgehead atoms. The largest absolute Gasteiger partial charge is 0.497 e. The van der Waals surface area contributed by atoms with Gasteiger partial charge in [0.1, 0.15) is 24.4 Å². The zero-order valence-electron chi connectivity index (χ0n) is 26.9. The molecular formula is C33H44N3O9PS. The Labute approximate surface area is 277 Å². The van der Waals surface area contributed by atoms with Crippen LogP contribution in [0.5, 0.6) is 11.5 Å². The molecule has 0 heterocycles. The average Bonchev–Trinajstić information content (AvgIpc) is 3.04. The summed E-state index contributed by atoms with van der Waals surface area (Å²) in [6, 6.07) is 21.9. The van der Waals surface area contributed by atoms with E-state index in [2.05, 4.69) is 10.6 Å². The lowest BCUT2D eigenvalue weighted by Crippen LogP contribution is -2.41. The third kappa shape index (κ3) is 12.8. The molecule has 14 heteroatoms. The molecule has 0 saturated heterocycles. The van der Waals surface area contributed by atoms with Gasteiger partial charge < -0.3 is 29.8 Å². The van der Waals surface area contributed by atoms with Crippen molar-refractivity contribution in [2.45, 2.75) is 44.2 Å². The number of carbonyl (C=O) groups excluding carboxylic acids is 1. The fraction of sp³-hybridized carbons (Fsp3) is 0.394. The zero-order valence-corrected chi connectivity index (χ0v) is 28.6. The molecule has 0 aliphatic heterocycles. The maximum Gasteiger partial charge on any atom is 0.404 e. The molecule has 0 aliphatic rings. The lowest BCUT2D eigenvalue weighted by Gasteiger charge is -2.26. The maximum atomic E-state index is 13.5. The van der Waals surface area contributed by atoms with Crippen molar-refractivity contribution in [2.75, 3.05) is 39.5 Å². The number of sulfonamides is 1. The summed E-state index contributed by atoms with van der Waals surface area (Å²) in [5.41, 5.74) is 1.82. The summed E-state index contributed by atoms with van der Waals surface area (Å²) in [4.78, 5) is 22.6. The predicted molar refractivity (Wildman–Crippen MR) is 180 cm³/mol. The van der Waals surface area contributed by atoms with E-state index in [1.165, 1.54) is 23.5 Å². The van der Waals surface area contributed by atoms with E-state index in [-0.39, 0.29) is 43.1 Å². The van der Waals surface area contributed by atoms with E-state index in [1.807, 2.05) is 38.1 Å². The summed E-state index contributed by atoms with van der Waals surface area (Å²) in [5, 5.41) is 15.2. The van der Waals surface area contributed by atoms with Crippen LogP contribution in [0.3, 0.4) is 0 Å². The fourth-order valence-corrected chi connectivity index (χ4v) is 7.82. The van der Waals surface area contributed by atoms with Crippen LogP contribution in [0.25, 0.3) is 0 Å². The van der Waals surface area contributed by atoms with Gasteiger partial charge in [-0.25, -0.2) is 17.8 Å². The Hall–Kier alpha value is -3.74. The topological polar surface area (TPSA) is 161 Å². The van der Waals surface area contributed by atoms with E-state index < -0.39 is 29.8 Å². The van der Waals surface area contributed by atoms with Gasteiger partial charge in [-0.3, -0.25) is 4.52 Å². The first-order valence-corrected chi connectivity index (χ1v) is 18.4. The molecule has 3 aromatic carbocycles. The molecule has 12 nitrogen and oxygen atoms in total. The van der Waals surface area contributed by atoms with Gasteiger partial charge in [0.05, 0.1) is 18.2 Å². The van der Waals surface area contributed by atoms with Crippen LogP contribution >= 0.6 is 7.60 Å². The minimum atomic E-state index is -3.82. The summed E-state index contributed by atoms with van der Waals surface area (Å²) < 4.78 is 57.5. The second kappa shape index (κ2) is 18.6. The van der Waals surface area contributed by atoms with Crippen molar-refractivity contribution in [1.82, 2.24) is 14.9 Å². The summed E-state index contributed by atoms with van der Waals surface area (Å²) in [6.45, 7) is 4.71. The number of hydrogen-bond acceptors (Lipinski definition) is 9. The van der Waals surface area contributed by atoms with Crippen molar-refractivity contribution in [3.8, 4) is 11.5 Å². The summed E-state index contributed by atoms with van der Waals surface area (Å²) in [5.74, 6) is 0.994. The number of nitrogens with one attached hydrogen (secondary N) is 2. The summed E-state index contributed by atoms with van der Waals surface area (Å²) >= 11 is 0. The molecule has 1 amide bonds. The van der Waals surface area contributed by atoms with Gasteiger partial charge in [-0.05, 0) is 66.3 Å². The highest BCUT2D eigenvalue weighted by Gasteiger charge is 2.27. The molecule has 0 fully saturated rings. The van der Waals surface area contributed by atoms with Gasteiger partial charge in [-0.1, -0.05) is 56.3 Å². The second-order valence-corrected chi connectivity index (χ2v) is 15.3. The summed E-state index contributed by atoms with van der Waals surface area (Å²) in [6.07, 6.45) is 0.0352. The molecule has 47 heavy (non-hydrogen) atoms. The monoisotopic (exact) mass is 689 g/mol. The van der Waals surface area contributed by atoms with Crippen LogP contribution in [-0.2, 0) is 36.9 Å². The number of rotatable bonds is 21. The van der Waals surface area contributed by atoms with Gasteiger partial charge >= 0.3 is 13.7 Å². The first-order valence-electron chi connectivity index (χ1n) is 15.3. The molecule has 1 unspecified atom stereocenters. The molecule has 2 atom stereocenters. The highest BCUT2D eigenvalue weighted by Crippen LogP contribution is 2.47. The molecule has 0 aromatic heterocycles. The third-order valence-corrected chi connectivity index (χ3v) is 10.7. The molecule has 256 valence electrons. The zero-order chi connectivity index (χ0) is 34.3. The van der Waals surface area contributed by atoms with Crippen molar-refractivity contribution < 1.29 is 41.5 Å². The molecular weight excluding hydrogens is 645 g/mol. The summed E-state index contributed by atoms with van der Waals surface area (Å²) in [7, 11) is -5.87. The molecule has 3 rings (SSSR count). The predicted octanol–water partition coefficient (Wildman–Crippen LogP) is 5.19. The number of benzene rings is 3. The minimum Gasteiger partial charge on any atom is -0.497 e. The second-order valence-electron chi connectivity index (χ2n) is 11.3. The van der Waals surface area contributed by atoms with Crippen LogP contribution in [0.15, 0.2) is 83.8 Å². The number of amides is 1. The van der Waals surface area contributed by atoms with Crippen LogP contribution in [0, 0.1) is 5.92 Å². The Morgan fingerprint density at radius 2 is 1.64 bits per heavy atom. The van der Waals surface area contributed by atoms with Crippen molar-refractivity contribution in [3.63, 3.8) is 0 Å². The minimum absolute atomic E-state index is 0.0539. The molecule has 0 radical (unpaired) electrons. The van der Waals surface area contributed by atoms with Crippen LogP contribution in [0.2, 0.25) is 0 Å². The van der Waals surface area contributed by atoms with Gasteiger partial charge in [0.2, 0.25) is 10.0 Å². The number of ether oxygens (including phenoxy) is 1. The van der Waals surface area contributed by atoms with E-state index in [9.17, 15) is 27.7 Å². The van der Waals surface area contributed by atoms with Crippen molar-refractivity contribution >= 4 is 30.0 Å². The van der Waals surface area contributed by atoms with Crippen LogP contribution in [0.4, 0.5) is 4.79 Å². The Balaban J connectivity index is 1.58. The highest BCUT2D eigenvalue weighted by molar-refractivity contribution is 7.89. The van der Waals surface area contributed by atoms with Crippen LogP contribution in [-0.4, -0.2) is 75.8 Å². The van der Waals surface area contributed by atoms with Crippen LogP contribution in [0.1, 0.15) is 31.4 Å². The van der Waals surface area contributed by atoms with E-state index in [0.29, 0.717) is 37.3 Å². The maximum absolute atomic E-state index is 13.5. The Kier molecular flexibility index (Phi) is 14.9. The quantitative estimate of drug-likeness (QED) is 0.0772. The third-order valence-electron chi connectivity index (χ3n) is 7.04. The van der Waals surface area contributed by atoms with E-state index >= 15 is 0 Å². The lowest BCUT2D eigenvalue weighted by atomic mass is 10.0. The highest BCUT2D eigenvalue weighted by atomic mass is 32.2. The Morgan fingerprint density at radius 1 is 0.979 bits per heavy atom. The number of para-hydroxylation sites is 1. The smallest absolute Gasteiger partial charge is 0.404 e. The molecule has 0 spiro atoms. The van der Waals surface area contributed by atoms with Crippen LogP contribution < -0.4 is 19.9 Å². The first-order chi connectivity index (χ1) is 22.4. The Morgan fingerprint density at radius 3 is 2.23 bits per heavy atom. The lowest BCUT2D eigenvalue weighted by molar-refractivity contribution is -0.109. The molecule has 3 N–H and O–H groups in total.